The van der Waals surface area contributed by atoms with E-state index in [2.05, 4.69) is 15.2 Å². The van der Waals surface area contributed by atoms with Gasteiger partial charge in [0, 0.05) is 35.5 Å². The molecular weight excluding hydrogens is 468 g/mol. The van der Waals surface area contributed by atoms with Gasteiger partial charge in [-0.25, -0.2) is 8.78 Å². The molecule has 2 aromatic heterocycles. The quantitative estimate of drug-likeness (QED) is 0.396. The van der Waals surface area contributed by atoms with E-state index >= 15 is 0 Å². The number of aromatic nitrogens is 3. The Kier molecular flexibility index (Phi) is 5.77. The zero-order valence-corrected chi connectivity index (χ0v) is 17.8. The standard InChI is InChI=1S/C24H16F4N4O3/c25-14-6-7-15(17(26)10-14)19(20(33)18-3-1-2-8-29-18)32-11-13-5-4-12(9-16(13)24(32)34)22-30-31-23(35-22)21(27)28/h1-10,19-21,33H,11H2/t19-,20+/m1/s1. The highest BCUT2D eigenvalue weighted by Crippen LogP contribution is 2.40. The van der Waals surface area contributed by atoms with Gasteiger partial charge in [0.2, 0.25) is 5.89 Å². The van der Waals surface area contributed by atoms with Crippen molar-refractivity contribution in [1.82, 2.24) is 20.1 Å². The predicted octanol–water partition coefficient (Wildman–Crippen LogP) is 4.78. The molecule has 0 fully saturated rings. The molecule has 0 spiro atoms. The summed E-state index contributed by atoms with van der Waals surface area (Å²) in [7, 11) is 0. The molecule has 1 aliphatic rings. The predicted molar refractivity (Wildman–Crippen MR) is 113 cm³/mol. The fourth-order valence-corrected chi connectivity index (χ4v) is 4.08. The molecule has 1 amide bonds. The van der Waals surface area contributed by atoms with Crippen LogP contribution in [-0.4, -0.2) is 31.1 Å². The first-order chi connectivity index (χ1) is 16.8. The summed E-state index contributed by atoms with van der Waals surface area (Å²) < 4.78 is 59.0. The van der Waals surface area contributed by atoms with Crippen LogP contribution in [0.25, 0.3) is 11.5 Å². The van der Waals surface area contributed by atoms with Gasteiger partial charge in [0.1, 0.15) is 17.7 Å². The Morgan fingerprint density at radius 2 is 1.86 bits per heavy atom. The van der Waals surface area contributed by atoms with E-state index in [4.69, 9.17) is 4.42 Å². The number of rotatable bonds is 6. The first-order valence-electron chi connectivity index (χ1n) is 10.4. The van der Waals surface area contributed by atoms with E-state index in [0.29, 0.717) is 11.6 Å². The van der Waals surface area contributed by atoms with E-state index in [1.54, 1.807) is 18.2 Å². The number of hydrogen-bond acceptors (Lipinski definition) is 6. The molecule has 2 aromatic carbocycles. The van der Waals surface area contributed by atoms with Gasteiger partial charge in [-0.15, -0.1) is 10.2 Å². The number of amides is 1. The zero-order valence-electron chi connectivity index (χ0n) is 17.8. The summed E-state index contributed by atoms with van der Waals surface area (Å²) in [6.07, 6.45) is -2.93. The van der Waals surface area contributed by atoms with Gasteiger partial charge in [-0.1, -0.05) is 18.2 Å². The molecular formula is C24H16F4N4O3. The summed E-state index contributed by atoms with van der Waals surface area (Å²) in [6.45, 7) is 0.00589. The van der Waals surface area contributed by atoms with Crippen molar-refractivity contribution < 1.29 is 31.9 Å². The average Bonchev–Trinajstić information content (AvgIpc) is 3.47. The number of carbonyl (C=O) groups excluding carboxylic acids is 1. The molecule has 0 unspecified atom stereocenters. The van der Waals surface area contributed by atoms with Crippen LogP contribution in [0.3, 0.4) is 0 Å². The van der Waals surface area contributed by atoms with E-state index in [1.165, 1.54) is 35.4 Å². The molecule has 1 N–H and O–H groups in total. The van der Waals surface area contributed by atoms with Crippen LogP contribution in [0.5, 0.6) is 0 Å². The maximum absolute atomic E-state index is 14.8. The summed E-state index contributed by atoms with van der Waals surface area (Å²) in [5.74, 6) is -3.33. The van der Waals surface area contributed by atoms with Crippen molar-refractivity contribution in [3.05, 3.63) is 101 Å². The molecule has 11 heteroatoms. The molecule has 35 heavy (non-hydrogen) atoms. The Hall–Kier alpha value is -4.12. The normalized spacial score (nSPS) is 14.9. The lowest BCUT2D eigenvalue weighted by Gasteiger charge is -2.32. The fourth-order valence-electron chi connectivity index (χ4n) is 4.08. The van der Waals surface area contributed by atoms with Crippen LogP contribution in [0.2, 0.25) is 0 Å². The van der Waals surface area contributed by atoms with Crippen molar-refractivity contribution in [2.24, 2.45) is 0 Å². The van der Waals surface area contributed by atoms with Crippen LogP contribution >= 0.6 is 0 Å². The molecule has 3 heterocycles. The number of alkyl halides is 2. The van der Waals surface area contributed by atoms with Crippen LogP contribution in [0.1, 0.15) is 51.6 Å². The van der Waals surface area contributed by atoms with E-state index in [1.807, 2.05) is 0 Å². The number of aliphatic hydroxyl groups excluding tert-OH is 1. The van der Waals surface area contributed by atoms with Crippen molar-refractivity contribution in [2.45, 2.75) is 25.1 Å². The third kappa shape index (κ3) is 4.14. The molecule has 1 aliphatic heterocycles. The van der Waals surface area contributed by atoms with Gasteiger partial charge in [0.25, 0.3) is 11.8 Å². The van der Waals surface area contributed by atoms with E-state index in [-0.39, 0.29) is 34.8 Å². The molecule has 0 saturated heterocycles. The smallest absolute Gasteiger partial charge is 0.314 e. The second kappa shape index (κ2) is 8.91. The maximum Gasteiger partial charge on any atom is 0.314 e. The first kappa shape index (κ1) is 22.7. The Morgan fingerprint density at radius 3 is 2.54 bits per heavy atom. The summed E-state index contributed by atoms with van der Waals surface area (Å²) in [6, 6.07) is 11.0. The van der Waals surface area contributed by atoms with Crippen LogP contribution in [0, 0.1) is 11.6 Å². The third-order valence-corrected chi connectivity index (χ3v) is 5.72. The lowest BCUT2D eigenvalue weighted by atomic mass is 9.96. The Bertz CT molecular complexity index is 1400. The number of nitrogens with zero attached hydrogens (tertiary/aromatic N) is 4. The second-order valence-electron chi connectivity index (χ2n) is 7.86. The Balaban J connectivity index is 1.54. The van der Waals surface area contributed by atoms with E-state index in [9.17, 15) is 27.5 Å². The molecule has 4 aromatic rings. The largest absolute Gasteiger partial charge is 0.415 e. The van der Waals surface area contributed by atoms with Crippen molar-refractivity contribution in [3.8, 4) is 11.5 Å². The lowest BCUT2D eigenvalue weighted by molar-refractivity contribution is 0.0334. The van der Waals surface area contributed by atoms with Gasteiger partial charge in [-0.2, -0.15) is 8.78 Å². The highest BCUT2D eigenvalue weighted by Gasteiger charge is 2.39. The third-order valence-electron chi connectivity index (χ3n) is 5.72. The topological polar surface area (TPSA) is 92.4 Å². The second-order valence-corrected chi connectivity index (χ2v) is 7.86. The van der Waals surface area contributed by atoms with Crippen molar-refractivity contribution in [1.29, 1.82) is 0 Å². The van der Waals surface area contributed by atoms with Crippen molar-refractivity contribution in [2.75, 3.05) is 0 Å². The molecule has 7 nitrogen and oxygen atoms in total. The first-order valence-corrected chi connectivity index (χ1v) is 10.4. The van der Waals surface area contributed by atoms with Gasteiger partial charge < -0.3 is 14.4 Å². The van der Waals surface area contributed by atoms with Gasteiger partial charge in [0.05, 0.1) is 11.7 Å². The van der Waals surface area contributed by atoms with Gasteiger partial charge >= 0.3 is 6.43 Å². The highest BCUT2D eigenvalue weighted by atomic mass is 19.3. The van der Waals surface area contributed by atoms with E-state index in [0.717, 1.165) is 6.07 Å². The molecule has 0 radical (unpaired) electrons. The zero-order chi connectivity index (χ0) is 24.7. The molecule has 0 bridgehead atoms. The average molecular weight is 484 g/mol. The summed E-state index contributed by atoms with van der Waals surface area (Å²) in [4.78, 5) is 18.8. The minimum atomic E-state index is -2.94. The molecule has 178 valence electrons. The van der Waals surface area contributed by atoms with Crippen LogP contribution in [0.15, 0.2) is 65.2 Å². The molecule has 5 rings (SSSR count). The molecule has 2 atom stereocenters. The van der Waals surface area contributed by atoms with E-state index < -0.39 is 42.0 Å². The molecule has 0 saturated carbocycles. The number of fused-ring (bicyclic) bond motifs is 1. The minimum Gasteiger partial charge on any atom is -0.415 e. The minimum absolute atomic E-state index is 0.00589. The Morgan fingerprint density at radius 1 is 1.03 bits per heavy atom. The monoisotopic (exact) mass is 484 g/mol. The number of pyridine rings is 1. The number of benzene rings is 2. The van der Waals surface area contributed by atoms with Crippen LogP contribution < -0.4 is 0 Å². The number of carbonyl (C=O) groups is 1. The Labute approximate surface area is 195 Å². The lowest BCUT2D eigenvalue weighted by Crippen LogP contribution is -2.34. The van der Waals surface area contributed by atoms with Gasteiger partial charge in [-0.3, -0.25) is 9.78 Å². The number of aliphatic hydroxyl groups is 1. The number of hydrogen-bond donors (Lipinski definition) is 1. The highest BCUT2D eigenvalue weighted by molar-refractivity contribution is 5.99. The molecule has 0 aliphatic carbocycles. The van der Waals surface area contributed by atoms with Crippen molar-refractivity contribution >= 4 is 5.91 Å². The van der Waals surface area contributed by atoms with Crippen molar-refractivity contribution in [3.63, 3.8) is 0 Å². The van der Waals surface area contributed by atoms with Gasteiger partial charge in [0.15, 0.2) is 0 Å². The SMILES string of the molecule is O=C1c2cc(-c3nnc(C(F)F)o3)ccc2CN1[C@H](c1ccc(F)cc1F)[C@@H](O)c1ccccn1. The number of halogens is 4. The summed E-state index contributed by atoms with van der Waals surface area (Å²) >= 11 is 0. The fraction of sp³-hybridized carbons (Fsp3) is 0.167. The maximum atomic E-state index is 14.8. The summed E-state index contributed by atoms with van der Waals surface area (Å²) in [5.41, 5.74) is 1.08. The summed E-state index contributed by atoms with van der Waals surface area (Å²) in [5, 5.41) is 18.0. The van der Waals surface area contributed by atoms with Crippen LogP contribution in [0.4, 0.5) is 17.6 Å². The van der Waals surface area contributed by atoms with Gasteiger partial charge in [-0.05, 0) is 35.9 Å². The van der Waals surface area contributed by atoms with Crippen LogP contribution in [-0.2, 0) is 6.54 Å².